The molecule has 1 aliphatic rings. The Morgan fingerprint density at radius 2 is 1.57 bits per heavy atom. The van der Waals surface area contributed by atoms with E-state index in [0.29, 0.717) is 0 Å². The van der Waals surface area contributed by atoms with Gasteiger partial charge in [-0.25, -0.2) is 0 Å². The lowest BCUT2D eigenvalue weighted by Crippen LogP contribution is -2.67. The van der Waals surface area contributed by atoms with Crippen LogP contribution >= 0.6 is 0 Å². The number of carbonyl (C=O) groups is 1. The largest absolute Gasteiger partial charge is 0.433 e. The summed E-state index contributed by atoms with van der Waals surface area (Å²) in [5.41, 5.74) is 0. The van der Waals surface area contributed by atoms with Crippen molar-refractivity contribution < 1.29 is 23.4 Å². The zero-order valence-corrected chi connectivity index (χ0v) is 17.9. The summed E-state index contributed by atoms with van der Waals surface area (Å²) in [5, 5.41) is 2.27. The molecule has 150 valence electrons. The second-order valence-corrected chi connectivity index (χ2v) is 12.2. The first-order chi connectivity index (χ1) is 13.3. The summed E-state index contributed by atoms with van der Waals surface area (Å²) >= 11 is 0. The summed E-state index contributed by atoms with van der Waals surface area (Å²) in [6.07, 6.45) is -1.24. The van der Waals surface area contributed by atoms with E-state index in [-0.39, 0.29) is 24.2 Å². The molecule has 0 N–H and O–H groups in total. The Labute approximate surface area is 167 Å². The molecular formula is C22H28O5Si. The van der Waals surface area contributed by atoms with Crippen LogP contribution in [0.25, 0.3) is 0 Å². The number of benzene rings is 2. The highest BCUT2D eigenvalue weighted by Gasteiger charge is 2.50. The normalized spacial score (nSPS) is 20.1. The van der Waals surface area contributed by atoms with Gasteiger partial charge in [0.25, 0.3) is 8.32 Å². The molecule has 1 saturated heterocycles. The highest BCUT2D eigenvalue weighted by Crippen LogP contribution is 2.37. The van der Waals surface area contributed by atoms with E-state index in [1.807, 2.05) is 12.1 Å². The third-order valence-electron chi connectivity index (χ3n) is 4.87. The van der Waals surface area contributed by atoms with Gasteiger partial charge in [0.15, 0.2) is 6.29 Å². The molecule has 1 fully saturated rings. The van der Waals surface area contributed by atoms with Gasteiger partial charge in [-0.15, -0.1) is 0 Å². The molecule has 1 heterocycles. The van der Waals surface area contributed by atoms with Gasteiger partial charge in [-0.1, -0.05) is 81.4 Å². The van der Waals surface area contributed by atoms with Crippen LogP contribution in [0.1, 0.15) is 27.7 Å². The van der Waals surface area contributed by atoms with Gasteiger partial charge in [-0.05, 0) is 15.4 Å². The minimum atomic E-state index is -2.64. The molecule has 0 saturated carbocycles. The van der Waals surface area contributed by atoms with Crippen LogP contribution < -0.4 is 10.4 Å². The van der Waals surface area contributed by atoms with E-state index in [4.69, 9.17) is 18.6 Å². The fraction of sp³-hybridized carbons (Fsp3) is 0.409. The molecule has 2 aromatic carbocycles. The summed E-state index contributed by atoms with van der Waals surface area (Å²) < 4.78 is 23.2. The maximum Gasteiger partial charge on any atom is 0.305 e. The van der Waals surface area contributed by atoms with Crippen molar-refractivity contribution in [3.05, 3.63) is 60.7 Å². The molecule has 0 amide bonds. The maximum atomic E-state index is 11.1. The van der Waals surface area contributed by atoms with E-state index in [1.54, 1.807) is 0 Å². The van der Waals surface area contributed by atoms with E-state index in [0.717, 1.165) is 0 Å². The van der Waals surface area contributed by atoms with E-state index in [1.165, 1.54) is 17.3 Å². The summed E-state index contributed by atoms with van der Waals surface area (Å²) in [6, 6.07) is 20.8. The van der Waals surface area contributed by atoms with E-state index in [2.05, 4.69) is 69.3 Å². The molecule has 0 unspecified atom stereocenters. The summed E-state index contributed by atoms with van der Waals surface area (Å²) in [6.45, 7) is 8.50. The van der Waals surface area contributed by atoms with Crippen LogP contribution in [0.15, 0.2) is 60.7 Å². The molecule has 5 nitrogen and oxygen atoms in total. The molecule has 1 aliphatic heterocycles. The maximum absolute atomic E-state index is 11.1. The van der Waals surface area contributed by atoms with Gasteiger partial charge in [0.2, 0.25) is 6.29 Å². The van der Waals surface area contributed by atoms with Crippen LogP contribution in [0.5, 0.6) is 0 Å². The SMILES string of the molecule is CC(=O)O[C@H]1CO[C@@H](CO[Si](c2ccccc2)(c2ccccc2)C(C)(C)C)O1. The van der Waals surface area contributed by atoms with Crippen molar-refractivity contribution in [2.24, 2.45) is 0 Å². The molecule has 0 aliphatic carbocycles. The summed E-state index contributed by atoms with van der Waals surface area (Å²) in [4.78, 5) is 11.1. The van der Waals surface area contributed by atoms with E-state index >= 15 is 0 Å². The molecule has 0 aromatic heterocycles. The Hall–Kier alpha value is -1.99. The van der Waals surface area contributed by atoms with Crippen LogP contribution in [-0.2, 0) is 23.4 Å². The average Bonchev–Trinajstić information content (AvgIpc) is 3.09. The van der Waals surface area contributed by atoms with Gasteiger partial charge in [0.1, 0.15) is 6.61 Å². The number of carbonyl (C=O) groups excluding carboxylic acids is 1. The molecule has 28 heavy (non-hydrogen) atoms. The Kier molecular flexibility index (Phi) is 6.35. The van der Waals surface area contributed by atoms with Gasteiger partial charge in [-0.2, -0.15) is 0 Å². The van der Waals surface area contributed by atoms with Crippen molar-refractivity contribution >= 4 is 24.7 Å². The van der Waals surface area contributed by atoms with Gasteiger partial charge >= 0.3 is 5.97 Å². The van der Waals surface area contributed by atoms with Crippen molar-refractivity contribution in [2.45, 2.75) is 45.3 Å². The van der Waals surface area contributed by atoms with Crippen LogP contribution in [0.4, 0.5) is 0 Å². The Bertz CT molecular complexity index is 733. The minimum Gasteiger partial charge on any atom is -0.433 e. The quantitative estimate of drug-likeness (QED) is 0.551. The molecule has 2 aromatic rings. The smallest absolute Gasteiger partial charge is 0.305 e. The van der Waals surface area contributed by atoms with E-state index in [9.17, 15) is 4.79 Å². The molecule has 3 rings (SSSR count). The third-order valence-corrected chi connectivity index (χ3v) is 9.88. The monoisotopic (exact) mass is 400 g/mol. The van der Waals surface area contributed by atoms with Crippen LogP contribution in [0, 0.1) is 0 Å². The molecule has 6 heteroatoms. The number of hydrogen-bond acceptors (Lipinski definition) is 5. The summed E-state index contributed by atoms with van der Waals surface area (Å²) in [5.74, 6) is -0.387. The Balaban J connectivity index is 1.90. The molecule has 0 spiro atoms. The van der Waals surface area contributed by atoms with Crippen molar-refractivity contribution in [3.63, 3.8) is 0 Å². The lowest BCUT2D eigenvalue weighted by molar-refractivity contribution is -0.176. The Morgan fingerprint density at radius 1 is 1.04 bits per heavy atom. The third kappa shape index (κ3) is 4.36. The fourth-order valence-electron chi connectivity index (χ4n) is 3.72. The minimum absolute atomic E-state index is 0.121. The number of ether oxygens (including phenoxy) is 3. The first-order valence-electron chi connectivity index (χ1n) is 9.52. The first-order valence-corrected chi connectivity index (χ1v) is 11.4. The lowest BCUT2D eigenvalue weighted by atomic mass is 10.2. The van der Waals surface area contributed by atoms with E-state index < -0.39 is 20.9 Å². The predicted molar refractivity (Wildman–Crippen MR) is 110 cm³/mol. The highest BCUT2D eigenvalue weighted by molar-refractivity contribution is 6.99. The highest BCUT2D eigenvalue weighted by atomic mass is 28.4. The first kappa shape index (κ1) is 20.7. The topological polar surface area (TPSA) is 54.0 Å². The lowest BCUT2D eigenvalue weighted by Gasteiger charge is -2.43. The zero-order valence-electron chi connectivity index (χ0n) is 16.9. The summed E-state index contributed by atoms with van der Waals surface area (Å²) in [7, 11) is -2.64. The molecule has 0 bridgehead atoms. The van der Waals surface area contributed by atoms with Gasteiger partial charge < -0.3 is 18.6 Å². The second-order valence-electron chi connectivity index (χ2n) is 7.91. The van der Waals surface area contributed by atoms with Crippen molar-refractivity contribution in [1.82, 2.24) is 0 Å². The van der Waals surface area contributed by atoms with Crippen molar-refractivity contribution in [1.29, 1.82) is 0 Å². The van der Waals surface area contributed by atoms with Gasteiger partial charge in [0.05, 0.1) is 6.61 Å². The fourth-order valence-corrected chi connectivity index (χ4v) is 8.26. The van der Waals surface area contributed by atoms with Crippen molar-refractivity contribution in [3.8, 4) is 0 Å². The molecule has 2 atom stereocenters. The number of esters is 1. The zero-order chi connectivity index (χ0) is 20.2. The van der Waals surface area contributed by atoms with Crippen LogP contribution in [0.3, 0.4) is 0 Å². The standard InChI is InChI=1S/C22H28O5Si/c1-17(23)26-21-15-24-20(27-21)16-25-28(22(2,3)4,18-11-7-5-8-12-18)19-13-9-6-10-14-19/h5-14,20-21H,15-16H2,1-4H3/t20-,21-/m1/s1. The predicted octanol–water partition coefficient (Wildman–Crippen LogP) is 2.83. The number of rotatable bonds is 6. The van der Waals surface area contributed by atoms with Crippen LogP contribution in [-0.4, -0.2) is 40.1 Å². The second kappa shape index (κ2) is 8.57. The average molecular weight is 401 g/mol. The van der Waals surface area contributed by atoms with Gasteiger partial charge in [0, 0.05) is 6.92 Å². The van der Waals surface area contributed by atoms with Gasteiger partial charge in [-0.3, -0.25) is 4.79 Å². The number of hydrogen-bond donors (Lipinski definition) is 0. The van der Waals surface area contributed by atoms with Crippen LogP contribution in [0.2, 0.25) is 5.04 Å². The molecule has 0 radical (unpaired) electrons. The molecular weight excluding hydrogens is 372 g/mol. The Morgan fingerprint density at radius 3 is 2.04 bits per heavy atom. The van der Waals surface area contributed by atoms with Crippen molar-refractivity contribution in [2.75, 3.05) is 13.2 Å².